The van der Waals surface area contributed by atoms with Crippen LogP contribution in [0, 0.1) is 0 Å². The van der Waals surface area contributed by atoms with Gasteiger partial charge in [-0.25, -0.2) is 9.97 Å². The van der Waals surface area contributed by atoms with Gasteiger partial charge in [-0.05, 0) is 25.0 Å². The number of amides is 1. The first-order valence-electron chi connectivity index (χ1n) is 8.66. The first kappa shape index (κ1) is 17.6. The summed E-state index contributed by atoms with van der Waals surface area (Å²) >= 11 is 0. The van der Waals surface area contributed by atoms with Crippen molar-refractivity contribution >= 4 is 16.8 Å². The molecule has 27 heavy (non-hydrogen) atoms. The second kappa shape index (κ2) is 6.40. The number of carbonyl (C=O) groups excluding carboxylic acids is 1. The highest BCUT2D eigenvalue weighted by Crippen LogP contribution is 2.32. The van der Waals surface area contributed by atoms with E-state index in [4.69, 9.17) is 0 Å². The smallest absolute Gasteiger partial charge is 0.349 e. The summed E-state index contributed by atoms with van der Waals surface area (Å²) in [6.07, 6.45) is 1.00. The third-order valence-corrected chi connectivity index (χ3v) is 5.06. The number of likely N-dealkylation sites (tertiary alicyclic amines) is 1. The van der Waals surface area contributed by atoms with Crippen LogP contribution in [0.4, 0.5) is 13.2 Å². The van der Waals surface area contributed by atoms with Crippen molar-refractivity contribution in [2.45, 2.75) is 24.9 Å². The Balaban J connectivity index is 1.48. The number of pyridine rings is 1. The van der Waals surface area contributed by atoms with E-state index in [2.05, 4.69) is 15.0 Å². The molecule has 3 aromatic rings. The van der Waals surface area contributed by atoms with Gasteiger partial charge in [0.05, 0.1) is 11.7 Å². The Bertz CT molecular complexity index is 982. The van der Waals surface area contributed by atoms with Crippen LogP contribution in [-0.4, -0.2) is 43.4 Å². The van der Waals surface area contributed by atoms with Crippen molar-refractivity contribution in [3.05, 3.63) is 47.9 Å². The maximum Gasteiger partial charge on any atom is 0.432 e. The number of fused-ring (bicyclic) bond motifs is 1. The average molecular weight is 377 g/mol. The van der Waals surface area contributed by atoms with Crippen molar-refractivity contribution in [3.63, 3.8) is 0 Å². The van der Waals surface area contributed by atoms with Crippen LogP contribution >= 0.6 is 0 Å². The number of aromatic nitrogens is 4. The number of aryl methyl sites for hydroxylation is 1. The Morgan fingerprint density at radius 1 is 1.22 bits per heavy atom. The molecule has 1 saturated heterocycles. The van der Waals surface area contributed by atoms with Crippen LogP contribution in [0.25, 0.3) is 10.9 Å². The molecule has 0 atom stereocenters. The zero-order chi connectivity index (χ0) is 19.2. The molecule has 1 amide bonds. The lowest BCUT2D eigenvalue weighted by molar-refractivity contribution is -0.141. The first-order valence-corrected chi connectivity index (χ1v) is 8.66. The summed E-state index contributed by atoms with van der Waals surface area (Å²) in [5, 5.41) is 0.945. The Morgan fingerprint density at radius 3 is 2.63 bits per heavy atom. The quantitative estimate of drug-likeness (QED) is 0.745. The zero-order valence-corrected chi connectivity index (χ0v) is 14.6. The highest BCUT2D eigenvalue weighted by atomic mass is 19.4. The fourth-order valence-electron chi connectivity index (χ4n) is 3.59. The number of hydrogen-bond donors (Lipinski definition) is 1. The predicted octanol–water partition coefficient (Wildman–Crippen LogP) is 3.34. The van der Waals surface area contributed by atoms with Crippen LogP contribution in [-0.2, 0) is 13.2 Å². The molecule has 1 aliphatic rings. The molecule has 0 saturated carbocycles. The van der Waals surface area contributed by atoms with E-state index in [0.29, 0.717) is 37.4 Å². The van der Waals surface area contributed by atoms with Gasteiger partial charge in [-0.1, -0.05) is 0 Å². The summed E-state index contributed by atoms with van der Waals surface area (Å²) in [5.41, 5.74) is 0.344. The maximum atomic E-state index is 12.9. The molecule has 0 aliphatic carbocycles. The van der Waals surface area contributed by atoms with Gasteiger partial charge in [-0.2, -0.15) is 13.2 Å². The highest BCUT2D eigenvalue weighted by molar-refractivity contribution is 6.04. The number of halogens is 3. The summed E-state index contributed by atoms with van der Waals surface area (Å²) < 4.78 is 40.0. The van der Waals surface area contributed by atoms with Crippen LogP contribution in [0.1, 0.15) is 40.8 Å². The lowest BCUT2D eigenvalue weighted by Crippen LogP contribution is -2.38. The molecule has 1 fully saturated rings. The number of alkyl halides is 3. The Morgan fingerprint density at radius 2 is 1.96 bits per heavy atom. The Kier molecular flexibility index (Phi) is 4.16. The first-order chi connectivity index (χ1) is 12.8. The van der Waals surface area contributed by atoms with Gasteiger partial charge in [0.1, 0.15) is 11.5 Å². The molecule has 3 aromatic heterocycles. The molecule has 6 nitrogen and oxygen atoms in total. The SMILES string of the molecule is Cn1ccc2ccnc(C(=O)N3CCC(c4ncc(C(F)(F)F)[nH]4)CC3)c21. The zero-order valence-electron chi connectivity index (χ0n) is 14.6. The van der Waals surface area contributed by atoms with Gasteiger partial charge in [0, 0.05) is 43.8 Å². The van der Waals surface area contributed by atoms with Gasteiger partial charge in [-0.15, -0.1) is 0 Å². The molecule has 1 N–H and O–H groups in total. The van der Waals surface area contributed by atoms with E-state index >= 15 is 0 Å². The minimum absolute atomic E-state index is 0.121. The van der Waals surface area contributed by atoms with Crippen molar-refractivity contribution in [2.75, 3.05) is 13.1 Å². The molecule has 4 rings (SSSR count). The van der Waals surface area contributed by atoms with E-state index in [1.807, 2.05) is 29.9 Å². The second-order valence-electron chi connectivity index (χ2n) is 6.77. The molecule has 4 heterocycles. The monoisotopic (exact) mass is 377 g/mol. The molecule has 0 spiro atoms. The van der Waals surface area contributed by atoms with Gasteiger partial charge in [-0.3, -0.25) is 4.79 Å². The van der Waals surface area contributed by atoms with E-state index in [1.165, 1.54) is 0 Å². The number of piperidine rings is 1. The lowest BCUT2D eigenvalue weighted by atomic mass is 9.96. The minimum Gasteiger partial charge on any atom is -0.349 e. The van der Waals surface area contributed by atoms with E-state index in [9.17, 15) is 18.0 Å². The fraction of sp³-hybridized carbons (Fsp3) is 0.389. The van der Waals surface area contributed by atoms with Crippen molar-refractivity contribution in [1.29, 1.82) is 0 Å². The van der Waals surface area contributed by atoms with Gasteiger partial charge < -0.3 is 14.5 Å². The van der Waals surface area contributed by atoms with E-state index in [-0.39, 0.29) is 11.8 Å². The Hall–Kier alpha value is -2.84. The lowest BCUT2D eigenvalue weighted by Gasteiger charge is -2.31. The van der Waals surface area contributed by atoms with Crippen molar-refractivity contribution in [1.82, 2.24) is 24.4 Å². The van der Waals surface area contributed by atoms with Crippen LogP contribution in [0.15, 0.2) is 30.7 Å². The van der Waals surface area contributed by atoms with Gasteiger partial charge >= 0.3 is 6.18 Å². The Labute approximate surface area is 153 Å². The second-order valence-corrected chi connectivity index (χ2v) is 6.77. The van der Waals surface area contributed by atoms with Gasteiger partial charge in [0.2, 0.25) is 0 Å². The molecule has 0 bridgehead atoms. The minimum atomic E-state index is -4.43. The molecule has 142 valence electrons. The normalized spacial score (nSPS) is 16.2. The number of rotatable bonds is 2. The average Bonchev–Trinajstić information content (AvgIpc) is 3.29. The summed E-state index contributed by atoms with van der Waals surface area (Å²) in [7, 11) is 1.86. The van der Waals surface area contributed by atoms with Crippen molar-refractivity contribution < 1.29 is 18.0 Å². The molecule has 0 radical (unpaired) electrons. The molecule has 9 heteroatoms. The standard InChI is InChI=1S/C18H18F3N5O/c1-25-7-3-11-2-6-22-14(15(11)25)17(27)26-8-4-12(5-9-26)16-23-10-13(24-16)18(19,20)21/h2-3,6-7,10,12H,4-5,8-9H2,1H3,(H,23,24). The van der Waals surface area contributed by atoms with Crippen molar-refractivity contribution in [2.24, 2.45) is 7.05 Å². The highest BCUT2D eigenvalue weighted by Gasteiger charge is 2.34. The summed E-state index contributed by atoms with van der Waals surface area (Å²) in [5.74, 6) is 0.0531. The number of H-pyrrole nitrogens is 1. The molecular formula is C18H18F3N5O. The van der Waals surface area contributed by atoms with E-state index < -0.39 is 11.9 Å². The largest absolute Gasteiger partial charge is 0.432 e. The van der Waals surface area contributed by atoms with Gasteiger partial charge in [0.15, 0.2) is 5.69 Å². The number of carbonyl (C=O) groups is 1. The third kappa shape index (κ3) is 3.17. The van der Waals surface area contributed by atoms with Crippen LogP contribution in [0.5, 0.6) is 0 Å². The van der Waals surface area contributed by atoms with Crippen LogP contribution < -0.4 is 0 Å². The molecule has 1 aliphatic heterocycles. The van der Waals surface area contributed by atoms with Crippen molar-refractivity contribution in [3.8, 4) is 0 Å². The van der Waals surface area contributed by atoms with E-state index in [0.717, 1.165) is 17.1 Å². The fourth-order valence-corrected chi connectivity index (χ4v) is 3.59. The number of imidazole rings is 1. The number of aromatic amines is 1. The summed E-state index contributed by atoms with van der Waals surface area (Å²) in [6, 6.07) is 3.78. The van der Waals surface area contributed by atoms with Gasteiger partial charge in [0.25, 0.3) is 5.91 Å². The summed E-state index contributed by atoms with van der Waals surface area (Å²) in [4.78, 5) is 25.2. The molecular weight excluding hydrogens is 359 g/mol. The maximum absolute atomic E-state index is 12.9. The van der Waals surface area contributed by atoms with E-state index in [1.54, 1.807) is 11.1 Å². The molecule has 0 aromatic carbocycles. The molecule has 0 unspecified atom stereocenters. The van der Waals surface area contributed by atoms with Crippen LogP contribution in [0.3, 0.4) is 0 Å². The summed E-state index contributed by atoms with van der Waals surface area (Å²) in [6.45, 7) is 0.905. The number of hydrogen-bond acceptors (Lipinski definition) is 3. The third-order valence-electron chi connectivity index (χ3n) is 5.06. The van der Waals surface area contributed by atoms with Crippen LogP contribution in [0.2, 0.25) is 0 Å². The predicted molar refractivity (Wildman–Crippen MR) is 92.2 cm³/mol. The number of nitrogens with one attached hydrogen (secondary N) is 1. The number of nitrogens with zero attached hydrogens (tertiary/aromatic N) is 4. The topological polar surface area (TPSA) is 66.8 Å².